The fourth-order valence-electron chi connectivity index (χ4n) is 1.79. The number of carbonyl (C=O) groups excluding carboxylic acids is 2. The van der Waals surface area contributed by atoms with Gasteiger partial charge in [-0.05, 0) is 23.3 Å². The van der Waals surface area contributed by atoms with Gasteiger partial charge in [-0.25, -0.2) is 10.3 Å². The zero-order chi connectivity index (χ0) is 15.8. The van der Waals surface area contributed by atoms with Crippen LogP contribution in [0.15, 0.2) is 54.6 Å². The van der Waals surface area contributed by atoms with Crippen LogP contribution >= 0.6 is 0 Å². The molecule has 0 fully saturated rings. The van der Waals surface area contributed by atoms with Crippen LogP contribution in [0.3, 0.4) is 0 Å². The fourth-order valence-corrected chi connectivity index (χ4v) is 1.79. The predicted molar refractivity (Wildman–Crippen MR) is 79.2 cm³/mol. The first-order valence-corrected chi connectivity index (χ1v) is 6.67. The summed E-state index contributed by atoms with van der Waals surface area (Å²) >= 11 is 0. The molecule has 0 aliphatic rings. The molecule has 3 N–H and O–H groups in total. The van der Waals surface area contributed by atoms with Crippen LogP contribution in [0, 0.1) is 0 Å². The van der Waals surface area contributed by atoms with Crippen molar-refractivity contribution in [3.05, 3.63) is 71.3 Å². The molecule has 0 unspecified atom stereocenters. The highest BCUT2D eigenvalue weighted by Crippen LogP contribution is 2.05. The summed E-state index contributed by atoms with van der Waals surface area (Å²) < 4.78 is 5.08. The number of hydrogen-bond donors (Lipinski definition) is 3. The minimum atomic E-state index is -0.582. The Kier molecular flexibility index (Phi) is 5.50. The van der Waals surface area contributed by atoms with E-state index in [0.717, 1.165) is 11.1 Å². The molecule has 0 radical (unpaired) electrons. The van der Waals surface area contributed by atoms with Crippen LogP contribution in [0.1, 0.15) is 21.5 Å². The molecule has 0 atom stereocenters. The Bertz CT molecular complexity index is 626. The molecule has 0 bridgehead atoms. The van der Waals surface area contributed by atoms with E-state index in [2.05, 4.69) is 5.32 Å². The lowest BCUT2D eigenvalue weighted by Gasteiger charge is -2.07. The monoisotopic (exact) mass is 300 g/mol. The molecular weight excluding hydrogens is 284 g/mol. The zero-order valence-electron chi connectivity index (χ0n) is 11.8. The number of hydroxylamine groups is 1. The largest absolute Gasteiger partial charge is 0.445 e. The average molecular weight is 300 g/mol. The number of rotatable bonds is 5. The Morgan fingerprint density at radius 1 is 0.955 bits per heavy atom. The van der Waals surface area contributed by atoms with Crippen LogP contribution in [0.4, 0.5) is 4.79 Å². The molecule has 0 aliphatic heterocycles. The number of benzene rings is 2. The number of carbonyl (C=O) groups is 2. The van der Waals surface area contributed by atoms with E-state index in [1.165, 1.54) is 0 Å². The second-order valence-corrected chi connectivity index (χ2v) is 4.55. The Morgan fingerprint density at radius 3 is 2.27 bits per heavy atom. The van der Waals surface area contributed by atoms with E-state index in [9.17, 15) is 9.59 Å². The summed E-state index contributed by atoms with van der Waals surface area (Å²) in [4.78, 5) is 22.7. The Morgan fingerprint density at radius 2 is 1.64 bits per heavy atom. The van der Waals surface area contributed by atoms with Crippen molar-refractivity contribution in [2.75, 3.05) is 0 Å². The molecule has 0 saturated heterocycles. The first-order valence-electron chi connectivity index (χ1n) is 6.67. The zero-order valence-corrected chi connectivity index (χ0v) is 11.8. The number of ether oxygens (including phenoxy) is 1. The van der Waals surface area contributed by atoms with Crippen molar-refractivity contribution in [2.24, 2.45) is 0 Å². The van der Waals surface area contributed by atoms with Crippen LogP contribution in [-0.4, -0.2) is 17.2 Å². The summed E-state index contributed by atoms with van der Waals surface area (Å²) in [6.45, 7) is 0.497. The normalized spacial score (nSPS) is 9.86. The van der Waals surface area contributed by atoms with Crippen LogP contribution in [0.5, 0.6) is 0 Å². The molecule has 0 aliphatic carbocycles. The van der Waals surface area contributed by atoms with Crippen molar-refractivity contribution in [2.45, 2.75) is 13.2 Å². The summed E-state index contributed by atoms with van der Waals surface area (Å²) in [5.74, 6) is -0.582. The van der Waals surface area contributed by atoms with Gasteiger partial charge in [-0.2, -0.15) is 0 Å². The SMILES string of the molecule is O=C(NCc1ccc(C(=O)NO)cc1)OCc1ccccc1. The van der Waals surface area contributed by atoms with Crippen LogP contribution in [0.25, 0.3) is 0 Å². The van der Waals surface area contributed by atoms with Gasteiger partial charge < -0.3 is 10.1 Å². The van der Waals surface area contributed by atoms with Gasteiger partial charge in [0, 0.05) is 12.1 Å². The topological polar surface area (TPSA) is 87.7 Å². The molecule has 6 nitrogen and oxygen atoms in total. The minimum Gasteiger partial charge on any atom is -0.445 e. The van der Waals surface area contributed by atoms with Crippen molar-refractivity contribution in [3.8, 4) is 0 Å². The summed E-state index contributed by atoms with van der Waals surface area (Å²) in [5.41, 5.74) is 3.61. The molecule has 114 valence electrons. The van der Waals surface area contributed by atoms with Gasteiger partial charge in [0.25, 0.3) is 5.91 Å². The van der Waals surface area contributed by atoms with Crippen molar-refractivity contribution in [1.82, 2.24) is 10.8 Å². The second-order valence-electron chi connectivity index (χ2n) is 4.55. The van der Waals surface area contributed by atoms with Gasteiger partial charge in [0.05, 0.1) is 0 Å². The van der Waals surface area contributed by atoms with E-state index in [1.54, 1.807) is 29.7 Å². The van der Waals surface area contributed by atoms with Gasteiger partial charge in [0.1, 0.15) is 6.61 Å². The molecule has 0 spiro atoms. The lowest BCUT2D eigenvalue weighted by molar-refractivity contribution is 0.0706. The maximum Gasteiger partial charge on any atom is 0.407 e. The molecule has 0 saturated carbocycles. The summed E-state index contributed by atoms with van der Waals surface area (Å²) in [7, 11) is 0. The van der Waals surface area contributed by atoms with E-state index >= 15 is 0 Å². The maximum absolute atomic E-state index is 11.6. The molecular formula is C16H16N2O4. The standard InChI is InChI=1S/C16H16N2O4/c19-15(18-21)14-8-6-12(7-9-14)10-17-16(20)22-11-13-4-2-1-3-5-13/h1-9,21H,10-11H2,(H,17,20)(H,18,19). The van der Waals surface area contributed by atoms with Gasteiger partial charge >= 0.3 is 6.09 Å². The van der Waals surface area contributed by atoms with Crippen molar-refractivity contribution in [3.63, 3.8) is 0 Å². The lowest BCUT2D eigenvalue weighted by Crippen LogP contribution is -2.23. The van der Waals surface area contributed by atoms with Gasteiger partial charge in [-0.1, -0.05) is 42.5 Å². The average Bonchev–Trinajstić information content (AvgIpc) is 2.58. The molecule has 2 aromatic rings. The molecule has 0 heterocycles. The Balaban J connectivity index is 1.77. The van der Waals surface area contributed by atoms with Crippen LogP contribution in [0.2, 0.25) is 0 Å². The third kappa shape index (κ3) is 4.60. The molecule has 2 aromatic carbocycles. The third-order valence-electron chi connectivity index (χ3n) is 2.97. The third-order valence-corrected chi connectivity index (χ3v) is 2.97. The van der Waals surface area contributed by atoms with Crippen LogP contribution < -0.4 is 10.8 Å². The molecule has 6 heteroatoms. The number of hydrogen-bond acceptors (Lipinski definition) is 4. The highest BCUT2D eigenvalue weighted by Gasteiger charge is 2.05. The van der Waals surface area contributed by atoms with E-state index in [1.807, 2.05) is 30.3 Å². The quantitative estimate of drug-likeness (QED) is 0.583. The first kappa shape index (κ1) is 15.5. The molecule has 0 aromatic heterocycles. The molecule has 2 rings (SSSR count). The number of nitrogens with one attached hydrogen (secondary N) is 2. The summed E-state index contributed by atoms with van der Waals surface area (Å²) in [5, 5.41) is 11.1. The Hall–Kier alpha value is -2.86. The highest BCUT2D eigenvalue weighted by molar-refractivity contribution is 5.93. The maximum atomic E-state index is 11.6. The molecule has 2 amide bonds. The minimum absolute atomic E-state index is 0.211. The fraction of sp³-hybridized carbons (Fsp3) is 0.125. The van der Waals surface area contributed by atoms with Crippen molar-refractivity contribution >= 4 is 12.0 Å². The number of amides is 2. The first-order chi connectivity index (χ1) is 10.7. The van der Waals surface area contributed by atoms with Gasteiger partial charge in [0.2, 0.25) is 0 Å². The van der Waals surface area contributed by atoms with E-state index in [0.29, 0.717) is 5.56 Å². The predicted octanol–water partition coefficient (Wildman–Crippen LogP) is 2.23. The van der Waals surface area contributed by atoms with E-state index in [-0.39, 0.29) is 13.2 Å². The van der Waals surface area contributed by atoms with Crippen molar-refractivity contribution < 1.29 is 19.5 Å². The van der Waals surface area contributed by atoms with Gasteiger partial charge in [-0.15, -0.1) is 0 Å². The smallest absolute Gasteiger partial charge is 0.407 e. The van der Waals surface area contributed by atoms with E-state index in [4.69, 9.17) is 9.94 Å². The van der Waals surface area contributed by atoms with Gasteiger partial charge in [-0.3, -0.25) is 10.0 Å². The number of alkyl carbamates (subject to hydrolysis) is 1. The molecule has 22 heavy (non-hydrogen) atoms. The summed E-state index contributed by atoms with van der Waals surface area (Å²) in [6, 6.07) is 15.9. The second kappa shape index (κ2) is 7.80. The lowest BCUT2D eigenvalue weighted by atomic mass is 10.1. The van der Waals surface area contributed by atoms with E-state index < -0.39 is 12.0 Å². The summed E-state index contributed by atoms with van der Waals surface area (Å²) in [6.07, 6.45) is -0.513. The van der Waals surface area contributed by atoms with Crippen LogP contribution in [-0.2, 0) is 17.9 Å². The Labute approximate surface area is 127 Å². The van der Waals surface area contributed by atoms with Gasteiger partial charge in [0.15, 0.2) is 0 Å². The van der Waals surface area contributed by atoms with Crippen molar-refractivity contribution in [1.29, 1.82) is 0 Å². The highest BCUT2D eigenvalue weighted by atomic mass is 16.5.